The highest BCUT2D eigenvalue weighted by Crippen LogP contribution is 2.09. The number of nitrogens with zero attached hydrogens (tertiary/aromatic N) is 1. The maximum Gasteiger partial charge on any atom is 0.0298 e. The van der Waals surface area contributed by atoms with Crippen molar-refractivity contribution in [3.63, 3.8) is 0 Å². The SMILES string of the molecule is C=C(CC)/C(C)=C\N=C(C)C. The Labute approximate surface area is 69.5 Å². The Morgan fingerprint density at radius 1 is 1.36 bits per heavy atom. The Kier molecular flexibility index (Phi) is 4.51. The largest absolute Gasteiger partial charge is 0.266 e. The predicted molar refractivity (Wildman–Crippen MR) is 52.0 cm³/mol. The molecule has 0 aliphatic rings. The first kappa shape index (κ1) is 10.2. The molecule has 0 radical (unpaired) electrons. The minimum Gasteiger partial charge on any atom is -0.266 e. The third kappa shape index (κ3) is 4.54. The zero-order valence-corrected chi connectivity index (χ0v) is 7.94. The van der Waals surface area contributed by atoms with Crippen molar-refractivity contribution in [3.8, 4) is 0 Å². The van der Waals surface area contributed by atoms with E-state index in [0.717, 1.165) is 17.7 Å². The van der Waals surface area contributed by atoms with E-state index in [2.05, 4.69) is 18.5 Å². The molecule has 0 N–H and O–H groups in total. The number of rotatable bonds is 3. The summed E-state index contributed by atoms with van der Waals surface area (Å²) in [5, 5.41) is 0. The van der Waals surface area contributed by atoms with Gasteiger partial charge in [-0.2, -0.15) is 0 Å². The fourth-order valence-electron chi connectivity index (χ4n) is 0.596. The summed E-state index contributed by atoms with van der Waals surface area (Å²) in [6.45, 7) is 12.0. The van der Waals surface area contributed by atoms with Crippen LogP contribution in [0.2, 0.25) is 0 Å². The third-order valence-electron chi connectivity index (χ3n) is 1.50. The summed E-state index contributed by atoms with van der Waals surface area (Å²) in [7, 11) is 0. The number of aliphatic imine (C=N–C) groups is 1. The van der Waals surface area contributed by atoms with Crippen LogP contribution in [0.15, 0.2) is 28.9 Å². The molecule has 0 aromatic heterocycles. The Bertz CT molecular complexity index is 193. The van der Waals surface area contributed by atoms with E-state index in [1.165, 1.54) is 5.57 Å². The van der Waals surface area contributed by atoms with Gasteiger partial charge in [0.15, 0.2) is 0 Å². The van der Waals surface area contributed by atoms with Crippen molar-refractivity contribution < 1.29 is 0 Å². The van der Waals surface area contributed by atoms with E-state index in [4.69, 9.17) is 0 Å². The zero-order valence-electron chi connectivity index (χ0n) is 7.94. The second-order valence-electron chi connectivity index (χ2n) is 2.85. The monoisotopic (exact) mass is 151 g/mol. The van der Waals surface area contributed by atoms with Crippen LogP contribution in [0, 0.1) is 0 Å². The molecule has 1 nitrogen and oxygen atoms in total. The molecule has 0 aliphatic heterocycles. The van der Waals surface area contributed by atoms with Gasteiger partial charge in [0.2, 0.25) is 0 Å². The Balaban J connectivity index is 4.23. The molecule has 0 aromatic carbocycles. The molecule has 0 aliphatic carbocycles. The lowest BCUT2D eigenvalue weighted by atomic mass is 10.1. The second-order valence-corrected chi connectivity index (χ2v) is 2.85. The molecule has 0 rings (SSSR count). The van der Waals surface area contributed by atoms with Crippen LogP contribution in [0.4, 0.5) is 0 Å². The molecule has 0 bridgehead atoms. The second kappa shape index (κ2) is 4.89. The molecule has 62 valence electrons. The molecule has 0 fully saturated rings. The van der Waals surface area contributed by atoms with Gasteiger partial charge in [0.05, 0.1) is 0 Å². The minimum atomic E-state index is 1.00. The van der Waals surface area contributed by atoms with E-state index in [1.807, 2.05) is 27.0 Å². The van der Waals surface area contributed by atoms with Crippen molar-refractivity contribution in [2.75, 3.05) is 0 Å². The van der Waals surface area contributed by atoms with Crippen molar-refractivity contribution in [1.82, 2.24) is 0 Å². The average molecular weight is 151 g/mol. The molecular formula is C10H17N. The standard InChI is InChI=1S/C10H17N/c1-6-9(4)10(5)7-11-8(2)3/h7H,4,6H2,1-3,5H3/b10-7-. The quantitative estimate of drug-likeness (QED) is 0.433. The van der Waals surface area contributed by atoms with E-state index < -0.39 is 0 Å². The van der Waals surface area contributed by atoms with Gasteiger partial charge in [-0.1, -0.05) is 19.1 Å². The summed E-state index contributed by atoms with van der Waals surface area (Å²) in [4.78, 5) is 4.19. The molecule has 0 saturated carbocycles. The summed E-state index contributed by atoms with van der Waals surface area (Å²) in [5.74, 6) is 0. The molecule has 0 aromatic rings. The highest BCUT2D eigenvalue weighted by atomic mass is 14.7. The van der Waals surface area contributed by atoms with Gasteiger partial charge in [0, 0.05) is 11.9 Å². The highest BCUT2D eigenvalue weighted by molar-refractivity contribution is 5.79. The van der Waals surface area contributed by atoms with E-state index in [1.54, 1.807) is 0 Å². The molecule has 0 heterocycles. The summed E-state index contributed by atoms with van der Waals surface area (Å²) < 4.78 is 0. The number of hydrogen-bond donors (Lipinski definition) is 0. The summed E-state index contributed by atoms with van der Waals surface area (Å²) in [6, 6.07) is 0. The molecule has 0 amide bonds. The van der Waals surface area contributed by atoms with Crippen LogP contribution in [-0.2, 0) is 0 Å². The van der Waals surface area contributed by atoms with Crippen LogP contribution in [0.1, 0.15) is 34.1 Å². The van der Waals surface area contributed by atoms with Crippen LogP contribution < -0.4 is 0 Å². The molecule has 0 saturated heterocycles. The maximum absolute atomic E-state index is 4.19. The number of allylic oxidation sites excluding steroid dienone is 2. The predicted octanol–water partition coefficient (Wildman–Crippen LogP) is 3.34. The van der Waals surface area contributed by atoms with Crippen LogP contribution in [0.5, 0.6) is 0 Å². The van der Waals surface area contributed by atoms with Gasteiger partial charge in [0.25, 0.3) is 0 Å². The van der Waals surface area contributed by atoms with Gasteiger partial charge in [-0.15, -0.1) is 0 Å². The van der Waals surface area contributed by atoms with Crippen LogP contribution >= 0.6 is 0 Å². The lowest BCUT2D eigenvalue weighted by molar-refractivity contribution is 1.11. The topological polar surface area (TPSA) is 12.4 Å². The first-order chi connectivity index (χ1) is 5.07. The molecule has 11 heavy (non-hydrogen) atoms. The smallest absolute Gasteiger partial charge is 0.0298 e. The Morgan fingerprint density at radius 2 is 1.91 bits per heavy atom. The van der Waals surface area contributed by atoms with Gasteiger partial charge in [-0.25, -0.2) is 0 Å². The molecule has 0 unspecified atom stereocenters. The van der Waals surface area contributed by atoms with E-state index in [9.17, 15) is 0 Å². The van der Waals surface area contributed by atoms with Crippen molar-refractivity contribution in [3.05, 3.63) is 23.9 Å². The average Bonchev–Trinajstić information content (AvgIpc) is 1.98. The highest BCUT2D eigenvalue weighted by Gasteiger charge is 1.90. The van der Waals surface area contributed by atoms with Gasteiger partial charge in [0.1, 0.15) is 0 Å². The number of hydrogen-bond acceptors (Lipinski definition) is 1. The summed E-state index contributed by atoms with van der Waals surface area (Å²) in [6.07, 6.45) is 2.88. The van der Waals surface area contributed by atoms with E-state index in [0.29, 0.717) is 0 Å². The molecule has 1 heteroatoms. The fraction of sp³-hybridized carbons (Fsp3) is 0.500. The minimum absolute atomic E-state index is 1.00. The molecular weight excluding hydrogens is 134 g/mol. The van der Waals surface area contributed by atoms with Gasteiger partial charge in [-0.3, -0.25) is 4.99 Å². The fourth-order valence-corrected chi connectivity index (χ4v) is 0.596. The van der Waals surface area contributed by atoms with Crippen LogP contribution in [0.25, 0.3) is 0 Å². The van der Waals surface area contributed by atoms with E-state index in [-0.39, 0.29) is 0 Å². The van der Waals surface area contributed by atoms with Gasteiger partial charge >= 0.3 is 0 Å². The third-order valence-corrected chi connectivity index (χ3v) is 1.50. The van der Waals surface area contributed by atoms with Crippen LogP contribution in [0.3, 0.4) is 0 Å². The van der Waals surface area contributed by atoms with Crippen LogP contribution in [-0.4, -0.2) is 5.71 Å². The van der Waals surface area contributed by atoms with Crippen molar-refractivity contribution in [2.45, 2.75) is 34.1 Å². The summed E-state index contributed by atoms with van der Waals surface area (Å²) >= 11 is 0. The van der Waals surface area contributed by atoms with E-state index >= 15 is 0 Å². The first-order valence-electron chi connectivity index (χ1n) is 3.93. The normalized spacial score (nSPS) is 11.1. The lowest BCUT2D eigenvalue weighted by Gasteiger charge is -1.99. The maximum atomic E-state index is 4.19. The zero-order chi connectivity index (χ0) is 8.85. The molecule has 0 spiro atoms. The Morgan fingerprint density at radius 3 is 2.27 bits per heavy atom. The van der Waals surface area contributed by atoms with Gasteiger partial charge in [-0.05, 0) is 32.8 Å². The van der Waals surface area contributed by atoms with Crippen molar-refractivity contribution >= 4 is 5.71 Å². The van der Waals surface area contributed by atoms with Crippen molar-refractivity contribution in [1.29, 1.82) is 0 Å². The van der Waals surface area contributed by atoms with Crippen molar-refractivity contribution in [2.24, 2.45) is 4.99 Å². The van der Waals surface area contributed by atoms with Gasteiger partial charge < -0.3 is 0 Å². The lowest BCUT2D eigenvalue weighted by Crippen LogP contribution is -1.82. The first-order valence-corrected chi connectivity index (χ1v) is 3.93. The molecule has 0 atom stereocenters. The summed E-state index contributed by atoms with van der Waals surface area (Å²) in [5.41, 5.74) is 3.41. The Hall–Kier alpha value is -0.850.